The van der Waals surface area contributed by atoms with Gasteiger partial charge >= 0.3 is 0 Å². The van der Waals surface area contributed by atoms with Crippen molar-refractivity contribution in [3.63, 3.8) is 0 Å². The zero-order chi connectivity index (χ0) is 11.4. The molecule has 1 atom stereocenters. The van der Waals surface area contributed by atoms with E-state index in [0.717, 1.165) is 0 Å². The molecule has 4 heteroatoms. The summed E-state index contributed by atoms with van der Waals surface area (Å²) in [5.41, 5.74) is 0.967. The largest absolute Gasteiger partial charge is 0.451 e. The van der Waals surface area contributed by atoms with Gasteiger partial charge in [-0.3, -0.25) is 4.79 Å². The molecule has 0 amide bonds. The number of oxazole rings is 1. The van der Waals surface area contributed by atoms with Crippen molar-refractivity contribution in [1.82, 2.24) is 4.98 Å². The van der Waals surface area contributed by atoms with Gasteiger partial charge in [0.25, 0.3) is 0 Å². The maximum absolute atomic E-state index is 11.7. The molecule has 0 saturated carbocycles. The number of Topliss-reactive ketones (excluding diaryl/α,β-unsaturated/α-hetero) is 1. The smallest absolute Gasteiger partial charge is 0.180 e. The minimum atomic E-state index is -0.911. The van der Waals surface area contributed by atoms with Crippen LogP contribution in [0.1, 0.15) is 28.6 Å². The molecule has 1 aromatic carbocycles. The van der Waals surface area contributed by atoms with E-state index < -0.39 is 6.10 Å². The lowest BCUT2D eigenvalue weighted by molar-refractivity contribution is 0.0874. The highest BCUT2D eigenvalue weighted by Crippen LogP contribution is 2.17. The molecule has 4 nitrogen and oxygen atoms in total. The molecule has 0 spiro atoms. The van der Waals surface area contributed by atoms with Crippen LogP contribution in [0.4, 0.5) is 0 Å². The summed E-state index contributed by atoms with van der Waals surface area (Å²) in [4.78, 5) is 15.5. The van der Waals surface area contributed by atoms with E-state index in [1.807, 2.05) is 6.07 Å². The Morgan fingerprint density at radius 3 is 2.75 bits per heavy atom. The van der Waals surface area contributed by atoms with Crippen LogP contribution in [0.2, 0.25) is 0 Å². The highest BCUT2D eigenvalue weighted by Gasteiger charge is 2.16. The molecular formula is C12H11NO3. The molecule has 0 aliphatic heterocycles. The van der Waals surface area contributed by atoms with Crippen molar-refractivity contribution in [1.29, 1.82) is 0 Å². The minimum Gasteiger partial charge on any atom is -0.451 e. The summed E-state index contributed by atoms with van der Waals surface area (Å²) in [6.45, 7) is 0. The number of rotatable bonds is 4. The van der Waals surface area contributed by atoms with Crippen LogP contribution in [0.15, 0.2) is 47.4 Å². The standard InChI is InChI=1S/C12H11NO3/c14-11(9-4-2-1-3-5-9)6-12(15)10-7-16-8-13-10/h1-5,7-8,12,15H,6H2. The number of carbonyl (C=O) groups excluding carboxylic acids is 1. The monoisotopic (exact) mass is 217 g/mol. The minimum absolute atomic E-state index is 0.0105. The van der Waals surface area contributed by atoms with Gasteiger partial charge in [-0.05, 0) is 0 Å². The fourth-order valence-electron chi connectivity index (χ4n) is 1.41. The average Bonchev–Trinajstić information content (AvgIpc) is 2.83. The summed E-state index contributed by atoms with van der Waals surface area (Å²) in [6.07, 6.45) is 1.66. The van der Waals surface area contributed by atoms with Gasteiger partial charge < -0.3 is 9.52 Å². The van der Waals surface area contributed by atoms with Gasteiger partial charge in [-0.2, -0.15) is 0 Å². The number of carbonyl (C=O) groups is 1. The fourth-order valence-corrected chi connectivity index (χ4v) is 1.41. The number of hydrogen-bond donors (Lipinski definition) is 1. The Morgan fingerprint density at radius 1 is 1.38 bits per heavy atom. The Bertz CT molecular complexity index is 450. The van der Waals surface area contributed by atoms with Crippen LogP contribution in [0.5, 0.6) is 0 Å². The Morgan fingerprint density at radius 2 is 2.12 bits per heavy atom. The lowest BCUT2D eigenvalue weighted by Crippen LogP contribution is -2.07. The Labute approximate surface area is 92.6 Å². The number of hydrogen-bond acceptors (Lipinski definition) is 4. The highest BCUT2D eigenvalue weighted by molar-refractivity contribution is 5.96. The maximum atomic E-state index is 11.7. The molecule has 1 N–H and O–H groups in total. The summed E-state index contributed by atoms with van der Waals surface area (Å²) in [6, 6.07) is 8.85. The second-order valence-corrected chi connectivity index (χ2v) is 3.42. The first-order chi connectivity index (χ1) is 7.77. The van der Waals surface area contributed by atoms with Crippen molar-refractivity contribution in [2.24, 2.45) is 0 Å². The van der Waals surface area contributed by atoms with Crippen molar-refractivity contribution >= 4 is 5.78 Å². The molecule has 2 rings (SSSR count). The summed E-state index contributed by atoms with van der Waals surface area (Å²) >= 11 is 0. The number of ketones is 1. The lowest BCUT2D eigenvalue weighted by atomic mass is 10.0. The number of nitrogens with zero attached hydrogens (tertiary/aromatic N) is 1. The van der Waals surface area contributed by atoms with Crippen LogP contribution >= 0.6 is 0 Å². The zero-order valence-corrected chi connectivity index (χ0v) is 8.54. The molecule has 1 aromatic heterocycles. The van der Waals surface area contributed by atoms with Gasteiger partial charge in [0.05, 0.1) is 0 Å². The van der Waals surface area contributed by atoms with Crippen molar-refractivity contribution in [2.45, 2.75) is 12.5 Å². The highest BCUT2D eigenvalue weighted by atomic mass is 16.3. The number of aliphatic hydroxyl groups excluding tert-OH is 1. The molecule has 16 heavy (non-hydrogen) atoms. The molecule has 0 aliphatic rings. The molecule has 0 fully saturated rings. The van der Waals surface area contributed by atoms with E-state index >= 15 is 0 Å². The van der Waals surface area contributed by atoms with Crippen LogP contribution in [0.3, 0.4) is 0 Å². The van der Waals surface area contributed by atoms with Crippen molar-refractivity contribution in [3.05, 3.63) is 54.2 Å². The first-order valence-electron chi connectivity index (χ1n) is 4.92. The van der Waals surface area contributed by atoms with Crippen LogP contribution in [0.25, 0.3) is 0 Å². The quantitative estimate of drug-likeness (QED) is 0.795. The molecule has 1 unspecified atom stereocenters. The second-order valence-electron chi connectivity index (χ2n) is 3.42. The van der Waals surface area contributed by atoms with E-state index in [0.29, 0.717) is 11.3 Å². The second kappa shape index (κ2) is 4.72. The molecule has 1 heterocycles. The number of benzene rings is 1. The van der Waals surface area contributed by atoms with E-state index in [9.17, 15) is 9.90 Å². The number of aliphatic hydroxyl groups is 1. The third kappa shape index (κ3) is 2.35. The van der Waals surface area contributed by atoms with Gasteiger partial charge in [-0.25, -0.2) is 4.98 Å². The molecule has 0 radical (unpaired) electrons. The Kier molecular flexibility index (Phi) is 3.12. The SMILES string of the molecule is O=C(CC(O)c1cocn1)c1ccccc1. The predicted molar refractivity (Wildman–Crippen MR) is 56.9 cm³/mol. The zero-order valence-electron chi connectivity index (χ0n) is 8.54. The molecule has 0 bridgehead atoms. The average molecular weight is 217 g/mol. The Hall–Kier alpha value is -1.94. The summed E-state index contributed by atoms with van der Waals surface area (Å²) in [5.74, 6) is -0.115. The van der Waals surface area contributed by atoms with Crippen LogP contribution in [-0.4, -0.2) is 15.9 Å². The van der Waals surface area contributed by atoms with Gasteiger partial charge in [0.1, 0.15) is 18.1 Å². The van der Waals surface area contributed by atoms with Gasteiger partial charge in [0, 0.05) is 12.0 Å². The van der Waals surface area contributed by atoms with Crippen molar-refractivity contribution in [3.8, 4) is 0 Å². The molecule has 0 aliphatic carbocycles. The van der Waals surface area contributed by atoms with Crippen LogP contribution in [0, 0.1) is 0 Å². The first kappa shape index (κ1) is 10.6. The van der Waals surface area contributed by atoms with Crippen LogP contribution in [-0.2, 0) is 0 Å². The van der Waals surface area contributed by atoms with E-state index in [2.05, 4.69) is 4.98 Å². The maximum Gasteiger partial charge on any atom is 0.180 e. The third-order valence-corrected chi connectivity index (χ3v) is 2.27. The normalized spacial score (nSPS) is 12.3. The van der Waals surface area contributed by atoms with E-state index in [4.69, 9.17) is 4.42 Å². The van der Waals surface area contributed by atoms with Crippen LogP contribution < -0.4 is 0 Å². The molecule has 2 aromatic rings. The van der Waals surface area contributed by atoms with E-state index in [1.54, 1.807) is 24.3 Å². The van der Waals surface area contributed by atoms with Gasteiger partial charge in [-0.15, -0.1) is 0 Å². The summed E-state index contributed by atoms with van der Waals surface area (Å²) in [5, 5.41) is 9.70. The topological polar surface area (TPSA) is 63.3 Å². The van der Waals surface area contributed by atoms with E-state index in [1.165, 1.54) is 12.7 Å². The third-order valence-electron chi connectivity index (χ3n) is 2.27. The summed E-state index contributed by atoms with van der Waals surface area (Å²) < 4.78 is 4.74. The first-order valence-corrected chi connectivity index (χ1v) is 4.92. The van der Waals surface area contributed by atoms with Gasteiger partial charge in [0.2, 0.25) is 0 Å². The van der Waals surface area contributed by atoms with Gasteiger partial charge in [-0.1, -0.05) is 30.3 Å². The number of aromatic nitrogens is 1. The van der Waals surface area contributed by atoms with E-state index in [-0.39, 0.29) is 12.2 Å². The lowest BCUT2D eigenvalue weighted by Gasteiger charge is -2.05. The van der Waals surface area contributed by atoms with Crippen molar-refractivity contribution < 1.29 is 14.3 Å². The molecule has 0 saturated heterocycles. The Balaban J connectivity index is 2.03. The molecule has 82 valence electrons. The predicted octanol–water partition coefficient (Wildman–Crippen LogP) is 1.98. The van der Waals surface area contributed by atoms with Gasteiger partial charge in [0.15, 0.2) is 12.2 Å². The van der Waals surface area contributed by atoms with Crippen molar-refractivity contribution in [2.75, 3.05) is 0 Å². The fraction of sp³-hybridized carbons (Fsp3) is 0.167. The molecular weight excluding hydrogens is 206 g/mol. The summed E-state index contributed by atoms with van der Waals surface area (Å²) in [7, 11) is 0.